The fraction of sp³-hybridized carbons (Fsp3) is 0.826. The highest BCUT2D eigenvalue weighted by Crippen LogP contribution is 2.66. The van der Waals surface area contributed by atoms with Crippen molar-refractivity contribution in [2.45, 2.75) is 78.2 Å². The van der Waals surface area contributed by atoms with E-state index in [0.29, 0.717) is 17.8 Å². The molecule has 0 bridgehead atoms. The summed E-state index contributed by atoms with van der Waals surface area (Å²) in [6.07, 6.45) is 10.9. The largest absolute Gasteiger partial charge is 0.508 e. The number of nitrogens with zero attached hydrogens (tertiary/aromatic N) is 1. The zero-order valence-electron chi connectivity index (χ0n) is 17.5. The van der Waals surface area contributed by atoms with Crippen molar-refractivity contribution < 1.29 is 19.4 Å². The number of hydrogen-bond donors (Lipinski definition) is 1. The molecule has 0 unspecified atom stereocenters. The van der Waals surface area contributed by atoms with Gasteiger partial charge in [-0.1, -0.05) is 25.5 Å². The van der Waals surface area contributed by atoms with Crippen LogP contribution in [0.3, 0.4) is 0 Å². The van der Waals surface area contributed by atoms with Crippen LogP contribution in [0.1, 0.15) is 72.1 Å². The Hall–Kier alpha value is -1.52. The minimum Gasteiger partial charge on any atom is -0.508 e. The molecule has 7 atom stereocenters. The van der Waals surface area contributed by atoms with Crippen LogP contribution in [0, 0.1) is 34.5 Å². The molecule has 0 aromatic carbocycles. The number of rotatable bonds is 4. The molecule has 0 aromatic heterocycles. The first-order chi connectivity index (χ1) is 13.3. The van der Waals surface area contributed by atoms with E-state index >= 15 is 0 Å². The Morgan fingerprint density at radius 2 is 1.96 bits per heavy atom. The van der Waals surface area contributed by atoms with Crippen molar-refractivity contribution in [2.24, 2.45) is 34.5 Å². The normalized spacial score (nSPS) is 44.5. The van der Waals surface area contributed by atoms with Crippen LogP contribution in [-0.4, -0.2) is 24.4 Å². The molecule has 3 fully saturated rings. The van der Waals surface area contributed by atoms with E-state index in [1.807, 2.05) is 0 Å². The van der Waals surface area contributed by atoms with Gasteiger partial charge >= 0.3 is 5.97 Å². The van der Waals surface area contributed by atoms with Crippen LogP contribution in [0.4, 0.5) is 0 Å². The highest BCUT2D eigenvalue weighted by molar-refractivity contribution is 5.83. The van der Waals surface area contributed by atoms with Gasteiger partial charge in [0.15, 0.2) is 12.3 Å². The molecule has 28 heavy (non-hydrogen) atoms. The van der Waals surface area contributed by atoms with Gasteiger partial charge in [0.1, 0.15) is 6.10 Å². The Balaban J connectivity index is 1.56. The van der Waals surface area contributed by atoms with Crippen molar-refractivity contribution in [1.29, 1.82) is 0 Å². The molecule has 5 heteroatoms. The van der Waals surface area contributed by atoms with E-state index in [-0.39, 0.29) is 41.1 Å². The molecule has 0 amide bonds. The number of ether oxygens (including phenoxy) is 1. The van der Waals surface area contributed by atoms with E-state index in [2.05, 4.69) is 25.0 Å². The number of ketones is 1. The zero-order chi connectivity index (χ0) is 20.1. The van der Waals surface area contributed by atoms with Gasteiger partial charge in [0.25, 0.3) is 0 Å². The van der Waals surface area contributed by atoms with Gasteiger partial charge in [0.05, 0.1) is 0 Å². The van der Waals surface area contributed by atoms with Gasteiger partial charge in [0, 0.05) is 19.3 Å². The maximum atomic E-state index is 12.6. The Bertz CT molecular complexity index is 717. The molecule has 3 saturated carbocycles. The summed E-state index contributed by atoms with van der Waals surface area (Å²) in [5.41, 5.74) is 10.8. The standard InChI is InChI=1S/C23H34N2O3/c1-14(26)28-16-8-10-22(2)15(12-16)4-5-17-18-6-7-20(21(27)13-25-24)23(18,3)11-9-19(17)22/h4,16-20,25H,5-13H2,1-3H3/t16-,17-,18-,19+,20+,22-,23-/m0/s1. The predicted molar refractivity (Wildman–Crippen MR) is 105 cm³/mol. The Labute approximate surface area is 168 Å². The highest BCUT2D eigenvalue weighted by Gasteiger charge is 2.60. The van der Waals surface area contributed by atoms with E-state index in [9.17, 15) is 9.59 Å². The second kappa shape index (κ2) is 7.07. The third-order valence-corrected chi connectivity index (χ3v) is 9.03. The SMILES string of the molecule is CC(=O)O[C@H]1CC[C@@]2(C)C(=CC[C@@H]3[C@H]2CC[C@]2(C)[C@@H](C(=O)C[NH+]=[N-])CC[C@@H]32)C1. The van der Waals surface area contributed by atoms with E-state index < -0.39 is 0 Å². The number of esters is 1. The average Bonchev–Trinajstić information content (AvgIpc) is 2.99. The quantitative estimate of drug-likeness (QED) is 0.458. The fourth-order valence-corrected chi connectivity index (χ4v) is 7.69. The van der Waals surface area contributed by atoms with Crippen LogP contribution >= 0.6 is 0 Å². The number of carbonyl (C=O) groups is 2. The van der Waals surface area contributed by atoms with Gasteiger partial charge in [0.2, 0.25) is 0 Å². The van der Waals surface area contributed by atoms with Crippen LogP contribution in [0.2, 0.25) is 0 Å². The van der Waals surface area contributed by atoms with Gasteiger partial charge in [-0.2, -0.15) is 0 Å². The van der Waals surface area contributed by atoms with E-state index in [0.717, 1.165) is 44.9 Å². The monoisotopic (exact) mass is 386 g/mol. The maximum absolute atomic E-state index is 12.6. The Morgan fingerprint density at radius 3 is 2.68 bits per heavy atom. The summed E-state index contributed by atoms with van der Waals surface area (Å²) < 4.78 is 5.53. The van der Waals surface area contributed by atoms with Crippen molar-refractivity contribution in [1.82, 2.24) is 0 Å². The molecular weight excluding hydrogens is 352 g/mol. The number of carbonyl (C=O) groups excluding carboxylic acids is 2. The summed E-state index contributed by atoms with van der Waals surface area (Å²) in [5.74, 6) is 2.00. The lowest BCUT2D eigenvalue weighted by Gasteiger charge is -2.58. The van der Waals surface area contributed by atoms with E-state index in [1.165, 1.54) is 18.9 Å². The molecule has 5 nitrogen and oxygen atoms in total. The third-order valence-electron chi connectivity index (χ3n) is 9.03. The Kier molecular flexibility index (Phi) is 4.99. The smallest absolute Gasteiger partial charge is 0.302 e. The molecule has 0 heterocycles. The van der Waals surface area contributed by atoms with Crippen molar-refractivity contribution in [3.8, 4) is 0 Å². The lowest BCUT2D eigenvalue weighted by Crippen LogP contribution is -2.67. The molecule has 1 N–H and O–H groups in total. The summed E-state index contributed by atoms with van der Waals surface area (Å²) >= 11 is 0. The molecule has 154 valence electrons. The van der Waals surface area contributed by atoms with Crippen LogP contribution in [0.15, 0.2) is 11.6 Å². The number of Topliss-reactive ketones (excluding diaryl/α,β-unsaturated/α-hetero) is 1. The molecule has 0 aliphatic heterocycles. The van der Waals surface area contributed by atoms with E-state index in [1.54, 1.807) is 0 Å². The first-order valence-electron chi connectivity index (χ1n) is 11.1. The third kappa shape index (κ3) is 2.96. The second-order valence-electron chi connectivity index (χ2n) is 10.2. The number of nitrogens with one attached hydrogen (secondary N) is 1. The molecular formula is C23H34N2O3. The maximum Gasteiger partial charge on any atom is 0.302 e. The van der Waals surface area contributed by atoms with Crippen LogP contribution < -0.4 is 5.11 Å². The van der Waals surface area contributed by atoms with Crippen molar-refractivity contribution in [3.63, 3.8) is 0 Å². The van der Waals surface area contributed by atoms with E-state index in [4.69, 9.17) is 10.3 Å². The topological polar surface area (TPSA) is 79.6 Å². The van der Waals surface area contributed by atoms with Crippen LogP contribution in [0.5, 0.6) is 0 Å². The van der Waals surface area contributed by atoms with Crippen LogP contribution in [-0.2, 0) is 14.3 Å². The number of fused-ring (bicyclic) bond motifs is 5. The van der Waals surface area contributed by atoms with Crippen molar-refractivity contribution in [2.75, 3.05) is 6.54 Å². The molecule has 0 aromatic rings. The van der Waals surface area contributed by atoms with Gasteiger partial charge in [-0.25, -0.2) is 0 Å². The minimum atomic E-state index is -0.171. The van der Waals surface area contributed by atoms with Crippen molar-refractivity contribution >= 4 is 11.8 Å². The van der Waals surface area contributed by atoms with Crippen molar-refractivity contribution in [3.05, 3.63) is 17.2 Å². The first kappa shape index (κ1) is 19.8. The lowest BCUT2D eigenvalue weighted by atomic mass is 9.47. The van der Waals surface area contributed by atoms with Crippen LogP contribution in [0.25, 0.3) is 5.53 Å². The summed E-state index contributed by atoms with van der Waals surface area (Å²) in [6, 6.07) is 0. The minimum absolute atomic E-state index is 0.0432. The summed E-state index contributed by atoms with van der Waals surface area (Å²) in [7, 11) is 0. The summed E-state index contributed by atoms with van der Waals surface area (Å²) in [5, 5.41) is 2.08. The second-order valence-corrected chi connectivity index (χ2v) is 10.2. The molecule has 4 aliphatic carbocycles. The molecule has 0 radical (unpaired) electrons. The van der Waals surface area contributed by atoms with Gasteiger partial charge < -0.3 is 15.4 Å². The zero-order valence-corrected chi connectivity index (χ0v) is 17.5. The summed E-state index contributed by atoms with van der Waals surface area (Å²) in [6.45, 7) is 6.35. The summed E-state index contributed by atoms with van der Waals surface area (Å²) in [4.78, 5) is 24.0. The predicted octanol–water partition coefficient (Wildman–Crippen LogP) is 3.17. The number of hydrogen-bond acceptors (Lipinski definition) is 3. The van der Waals surface area contributed by atoms with Gasteiger partial charge in [-0.15, -0.1) is 0 Å². The number of allylic oxidation sites excluding steroid dienone is 1. The highest BCUT2D eigenvalue weighted by atomic mass is 16.5. The first-order valence-corrected chi connectivity index (χ1v) is 11.1. The molecule has 4 rings (SSSR count). The molecule has 4 aliphatic rings. The fourth-order valence-electron chi connectivity index (χ4n) is 7.69. The molecule has 0 spiro atoms. The Morgan fingerprint density at radius 1 is 1.18 bits per heavy atom. The lowest BCUT2D eigenvalue weighted by molar-refractivity contribution is -0.468. The van der Waals surface area contributed by atoms with Gasteiger partial charge in [-0.3, -0.25) is 9.59 Å². The van der Waals surface area contributed by atoms with Gasteiger partial charge in [-0.05, 0) is 73.5 Å². The average molecular weight is 387 g/mol. The molecule has 0 saturated heterocycles.